The van der Waals surface area contributed by atoms with E-state index in [-0.39, 0.29) is 17.9 Å². The van der Waals surface area contributed by atoms with E-state index in [1.54, 1.807) is 18.2 Å². The minimum absolute atomic E-state index is 0.232. The van der Waals surface area contributed by atoms with Crippen LogP contribution in [0.15, 0.2) is 35.4 Å². The molecule has 27 heavy (non-hydrogen) atoms. The smallest absolute Gasteiger partial charge is 0.273 e. The number of hydrogen-bond acceptors (Lipinski definition) is 4. The van der Waals surface area contributed by atoms with E-state index in [1.807, 2.05) is 24.6 Å². The summed E-state index contributed by atoms with van der Waals surface area (Å²) in [6.07, 6.45) is 2.20. The van der Waals surface area contributed by atoms with Gasteiger partial charge in [0.2, 0.25) is 5.91 Å². The Bertz CT molecular complexity index is 1030. The highest BCUT2D eigenvalue weighted by Gasteiger charge is 2.14. The van der Waals surface area contributed by atoms with Crippen molar-refractivity contribution in [3.05, 3.63) is 57.9 Å². The third-order valence-corrected chi connectivity index (χ3v) is 4.58. The molecule has 0 aliphatic heterocycles. The molecule has 1 aromatic carbocycles. The van der Waals surface area contributed by atoms with E-state index in [9.17, 15) is 9.59 Å². The Hall–Kier alpha value is -2.96. The van der Waals surface area contributed by atoms with E-state index in [0.717, 1.165) is 28.2 Å². The highest BCUT2D eigenvalue weighted by molar-refractivity contribution is 5.84. The first-order chi connectivity index (χ1) is 12.9. The lowest BCUT2D eigenvalue weighted by atomic mass is 10.1. The summed E-state index contributed by atoms with van der Waals surface area (Å²) in [7, 11) is 0. The number of fused-ring (bicyclic) bond motifs is 1. The maximum absolute atomic E-state index is 12.4. The zero-order valence-corrected chi connectivity index (χ0v) is 16.2. The van der Waals surface area contributed by atoms with E-state index in [1.165, 1.54) is 6.33 Å². The molecule has 0 atom stereocenters. The molecule has 0 saturated carbocycles. The summed E-state index contributed by atoms with van der Waals surface area (Å²) in [5, 5.41) is 5.05. The van der Waals surface area contributed by atoms with Gasteiger partial charge < -0.3 is 0 Å². The lowest BCUT2D eigenvalue weighted by molar-refractivity contribution is -0.117. The van der Waals surface area contributed by atoms with Crippen molar-refractivity contribution in [2.75, 3.05) is 5.43 Å². The van der Waals surface area contributed by atoms with Gasteiger partial charge in [0.15, 0.2) is 0 Å². The number of para-hydroxylation sites is 1. The fraction of sp³-hybridized carbons (Fsp3) is 0.400. The van der Waals surface area contributed by atoms with Crippen LogP contribution in [-0.2, 0) is 17.8 Å². The fourth-order valence-electron chi connectivity index (χ4n) is 3.20. The number of aromatic nitrogens is 4. The topological polar surface area (TPSA) is 81.8 Å². The summed E-state index contributed by atoms with van der Waals surface area (Å²) in [5.41, 5.74) is 6.09. The van der Waals surface area contributed by atoms with Crippen LogP contribution in [0.3, 0.4) is 0 Å². The molecular weight excluding hydrogens is 342 g/mol. The number of nitrogens with zero attached hydrogens (tertiary/aromatic N) is 4. The summed E-state index contributed by atoms with van der Waals surface area (Å²) < 4.78 is 3.15. The standard InChI is InChI=1S/C20H25N5O2/c1-13(2)11-24-15(4)16(14(3)22-24)9-10-19(26)23-25-12-21-18-8-6-5-7-17(18)20(25)27/h5-8,12-13H,9-11H2,1-4H3,(H,23,26). The molecule has 0 unspecified atom stereocenters. The van der Waals surface area contributed by atoms with Crippen LogP contribution in [0, 0.1) is 19.8 Å². The average molecular weight is 367 g/mol. The molecule has 142 valence electrons. The third kappa shape index (κ3) is 4.07. The molecule has 3 rings (SSSR count). The predicted octanol–water partition coefficient (Wildman–Crippen LogP) is 2.57. The SMILES string of the molecule is Cc1nn(CC(C)C)c(C)c1CCC(=O)Nn1cnc2ccccc2c1=O. The van der Waals surface area contributed by atoms with Crippen molar-refractivity contribution in [1.82, 2.24) is 19.4 Å². The maximum atomic E-state index is 12.4. The predicted molar refractivity (Wildman–Crippen MR) is 105 cm³/mol. The van der Waals surface area contributed by atoms with Crippen LogP contribution in [0.1, 0.15) is 37.2 Å². The minimum atomic E-state index is -0.286. The molecule has 0 aliphatic rings. The molecule has 2 aromatic heterocycles. The fourth-order valence-corrected chi connectivity index (χ4v) is 3.20. The number of aryl methyl sites for hydroxylation is 1. The number of carbonyl (C=O) groups is 1. The number of nitrogens with one attached hydrogen (secondary N) is 1. The monoisotopic (exact) mass is 367 g/mol. The highest BCUT2D eigenvalue weighted by Crippen LogP contribution is 2.16. The van der Waals surface area contributed by atoms with Gasteiger partial charge >= 0.3 is 0 Å². The quantitative estimate of drug-likeness (QED) is 0.726. The first-order valence-corrected chi connectivity index (χ1v) is 9.16. The van der Waals surface area contributed by atoms with Gasteiger partial charge in [-0.05, 0) is 43.9 Å². The Balaban J connectivity index is 1.70. The molecule has 7 nitrogen and oxygen atoms in total. The molecule has 2 heterocycles. The lowest BCUT2D eigenvalue weighted by Crippen LogP contribution is -2.33. The second kappa shape index (κ2) is 7.73. The molecular formula is C20H25N5O2. The van der Waals surface area contributed by atoms with Gasteiger partial charge in [0.05, 0.1) is 16.6 Å². The molecule has 0 spiro atoms. The van der Waals surface area contributed by atoms with Gasteiger partial charge in [0.25, 0.3) is 5.56 Å². The number of amides is 1. The number of hydrogen-bond donors (Lipinski definition) is 1. The van der Waals surface area contributed by atoms with Crippen molar-refractivity contribution >= 4 is 16.8 Å². The molecule has 0 bridgehead atoms. The van der Waals surface area contributed by atoms with Crippen LogP contribution in [0.25, 0.3) is 10.9 Å². The maximum Gasteiger partial charge on any atom is 0.280 e. The Morgan fingerprint density at radius 3 is 2.70 bits per heavy atom. The zero-order valence-electron chi connectivity index (χ0n) is 16.2. The summed E-state index contributed by atoms with van der Waals surface area (Å²) in [6.45, 7) is 9.16. The van der Waals surface area contributed by atoms with Gasteiger partial charge in [-0.1, -0.05) is 26.0 Å². The first-order valence-electron chi connectivity index (χ1n) is 9.16. The first kappa shape index (κ1) is 18.8. The summed E-state index contributed by atoms with van der Waals surface area (Å²) in [6, 6.07) is 7.06. The second-order valence-corrected chi connectivity index (χ2v) is 7.20. The van der Waals surface area contributed by atoms with E-state index >= 15 is 0 Å². The normalized spacial score (nSPS) is 11.3. The second-order valence-electron chi connectivity index (χ2n) is 7.20. The van der Waals surface area contributed by atoms with Crippen molar-refractivity contribution < 1.29 is 4.79 Å². The molecule has 7 heteroatoms. The summed E-state index contributed by atoms with van der Waals surface area (Å²) >= 11 is 0. The average Bonchev–Trinajstić information content (AvgIpc) is 2.88. The number of carbonyl (C=O) groups excluding carboxylic acids is 1. The summed E-state index contributed by atoms with van der Waals surface area (Å²) in [5.74, 6) is 0.274. The molecule has 3 aromatic rings. The Morgan fingerprint density at radius 1 is 1.22 bits per heavy atom. The van der Waals surface area contributed by atoms with Gasteiger partial charge in [0, 0.05) is 18.7 Å². The van der Waals surface area contributed by atoms with Gasteiger partial charge in [-0.15, -0.1) is 0 Å². The van der Waals surface area contributed by atoms with Crippen LogP contribution >= 0.6 is 0 Å². The van der Waals surface area contributed by atoms with Crippen molar-refractivity contribution in [2.24, 2.45) is 5.92 Å². The largest absolute Gasteiger partial charge is 0.280 e. The van der Waals surface area contributed by atoms with Crippen LogP contribution in [-0.4, -0.2) is 25.3 Å². The Kier molecular flexibility index (Phi) is 5.39. The Morgan fingerprint density at radius 2 is 1.96 bits per heavy atom. The Labute approximate surface area is 158 Å². The molecule has 1 N–H and O–H groups in total. The number of benzene rings is 1. The van der Waals surface area contributed by atoms with E-state index < -0.39 is 0 Å². The summed E-state index contributed by atoms with van der Waals surface area (Å²) in [4.78, 5) is 29.0. The number of rotatable bonds is 6. The van der Waals surface area contributed by atoms with E-state index in [0.29, 0.717) is 23.2 Å². The molecule has 0 fully saturated rings. The third-order valence-electron chi connectivity index (χ3n) is 4.58. The van der Waals surface area contributed by atoms with Gasteiger partial charge in [-0.25, -0.2) is 9.66 Å². The highest BCUT2D eigenvalue weighted by atomic mass is 16.2. The van der Waals surface area contributed by atoms with Crippen LogP contribution in [0.2, 0.25) is 0 Å². The van der Waals surface area contributed by atoms with Crippen molar-refractivity contribution in [3.63, 3.8) is 0 Å². The van der Waals surface area contributed by atoms with Gasteiger partial charge in [0.1, 0.15) is 6.33 Å². The van der Waals surface area contributed by atoms with Crippen molar-refractivity contribution in [2.45, 2.75) is 47.1 Å². The molecule has 1 amide bonds. The van der Waals surface area contributed by atoms with Crippen LogP contribution < -0.4 is 11.0 Å². The van der Waals surface area contributed by atoms with E-state index in [2.05, 4.69) is 29.4 Å². The van der Waals surface area contributed by atoms with Crippen LogP contribution in [0.4, 0.5) is 0 Å². The lowest BCUT2D eigenvalue weighted by Gasteiger charge is -2.09. The van der Waals surface area contributed by atoms with Gasteiger partial charge in [-0.3, -0.25) is 19.7 Å². The van der Waals surface area contributed by atoms with Gasteiger partial charge in [-0.2, -0.15) is 5.10 Å². The zero-order chi connectivity index (χ0) is 19.6. The van der Waals surface area contributed by atoms with Crippen molar-refractivity contribution in [1.29, 1.82) is 0 Å². The minimum Gasteiger partial charge on any atom is -0.273 e. The molecule has 0 radical (unpaired) electrons. The van der Waals surface area contributed by atoms with Crippen LogP contribution in [0.5, 0.6) is 0 Å². The van der Waals surface area contributed by atoms with Crippen molar-refractivity contribution in [3.8, 4) is 0 Å². The molecule has 0 aliphatic carbocycles. The van der Waals surface area contributed by atoms with E-state index in [4.69, 9.17) is 0 Å². The molecule has 0 saturated heterocycles.